The second-order valence-electron chi connectivity index (χ2n) is 3.55. The highest BCUT2D eigenvalue weighted by molar-refractivity contribution is 5.59. The van der Waals surface area contributed by atoms with E-state index in [1.165, 1.54) is 0 Å². The minimum atomic E-state index is 0.471. The van der Waals surface area contributed by atoms with Crippen molar-refractivity contribution in [3.63, 3.8) is 0 Å². The van der Waals surface area contributed by atoms with E-state index in [1.54, 1.807) is 35.7 Å². The molecule has 0 aromatic carbocycles. The lowest BCUT2D eigenvalue weighted by atomic mass is 10.2. The molecule has 0 amide bonds. The van der Waals surface area contributed by atoms with Gasteiger partial charge < -0.3 is 10.7 Å². The zero-order valence-electron chi connectivity index (χ0n) is 8.91. The van der Waals surface area contributed by atoms with Crippen LogP contribution in [0.5, 0.6) is 0 Å². The van der Waals surface area contributed by atoms with Gasteiger partial charge in [-0.3, -0.25) is 0 Å². The van der Waals surface area contributed by atoms with Crippen LogP contribution in [0.25, 0.3) is 17.1 Å². The number of pyridine rings is 1. The number of rotatable bonds is 2. The number of aromatic amines is 1. The summed E-state index contributed by atoms with van der Waals surface area (Å²) in [5, 5.41) is 4.11. The molecule has 3 rings (SSSR count). The van der Waals surface area contributed by atoms with E-state index in [9.17, 15) is 0 Å². The molecule has 3 heterocycles. The first kappa shape index (κ1) is 9.59. The number of nitrogens with zero attached hydrogens (tertiary/aromatic N) is 4. The first-order valence-corrected chi connectivity index (χ1v) is 5.09. The van der Waals surface area contributed by atoms with Gasteiger partial charge in [0.15, 0.2) is 5.82 Å². The molecule has 17 heavy (non-hydrogen) atoms. The Balaban J connectivity index is 2.05. The molecular formula is C11H10N6. The molecule has 0 spiro atoms. The van der Waals surface area contributed by atoms with Gasteiger partial charge in [0.1, 0.15) is 5.82 Å². The van der Waals surface area contributed by atoms with Gasteiger partial charge in [-0.2, -0.15) is 0 Å². The molecule has 0 aliphatic rings. The predicted octanol–water partition coefficient (Wildman–Crippen LogP) is 1.24. The van der Waals surface area contributed by atoms with Crippen LogP contribution < -0.4 is 5.73 Å². The Hall–Kier alpha value is -2.63. The first-order valence-electron chi connectivity index (χ1n) is 5.09. The fourth-order valence-corrected chi connectivity index (χ4v) is 1.59. The maximum Gasteiger partial charge on any atom is 0.153 e. The van der Waals surface area contributed by atoms with E-state index in [1.807, 2.05) is 12.1 Å². The zero-order valence-corrected chi connectivity index (χ0v) is 8.91. The molecule has 0 atom stereocenters. The van der Waals surface area contributed by atoms with Crippen molar-refractivity contribution in [2.24, 2.45) is 0 Å². The number of nitrogens with one attached hydrogen (secondary N) is 1. The Bertz CT molecular complexity index is 625. The molecule has 0 aliphatic heterocycles. The van der Waals surface area contributed by atoms with Gasteiger partial charge in [0.25, 0.3) is 0 Å². The summed E-state index contributed by atoms with van der Waals surface area (Å²) >= 11 is 0. The average Bonchev–Trinajstić information content (AvgIpc) is 3.00. The molecule has 84 valence electrons. The van der Waals surface area contributed by atoms with Crippen molar-refractivity contribution in [1.82, 2.24) is 24.7 Å². The van der Waals surface area contributed by atoms with Gasteiger partial charge in [-0.15, -0.1) is 5.10 Å². The number of nitrogens with two attached hydrogens (primary N) is 1. The minimum absolute atomic E-state index is 0.471. The van der Waals surface area contributed by atoms with Gasteiger partial charge in [-0.1, -0.05) is 0 Å². The van der Waals surface area contributed by atoms with Crippen molar-refractivity contribution in [2.45, 2.75) is 0 Å². The van der Waals surface area contributed by atoms with Crippen LogP contribution in [0.3, 0.4) is 0 Å². The molecule has 0 saturated carbocycles. The van der Waals surface area contributed by atoms with E-state index in [4.69, 9.17) is 5.73 Å². The topological polar surface area (TPSA) is 85.4 Å². The van der Waals surface area contributed by atoms with Crippen molar-refractivity contribution >= 4 is 5.82 Å². The van der Waals surface area contributed by atoms with Crippen molar-refractivity contribution < 1.29 is 0 Å². The number of nitrogen functional groups attached to an aromatic ring is 1. The van der Waals surface area contributed by atoms with Gasteiger partial charge in [-0.05, 0) is 12.1 Å². The van der Waals surface area contributed by atoms with Crippen LogP contribution in [-0.2, 0) is 0 Å². The smallest absolute Gasteiger partial charge is 0.153 e. The SMILES string of the molecule is Nc1ccn(-c2cc(-c3cnc[nH]3)ccn2)n1. The number of aromatic nitrogens is 5. The third-order valence-corrected chi connectivity index (χ3v) is 2.40. The van der Waals surface area contributed by atoms with Crippen molar-refractivity contribution in [2.75, 3.05) is 5.73 Å². The molecule has 0 unspecified atom stereocenters. The van der Waals surface area contributed by atoms with Crippen LogP contribution in [-0.4, -0.2) is 24.7 Å². The highest BCUT2D eigenvalue weighted by atomic mass is 15.3. The minimum Gasteiger partial charge on any atom is -0.382 e. The Morgan fingerprint density at radius 3 is 2.94 bits per heavy atom. The maximum atomic E-state index is 5.57. The molecule has 3 aromatic heterocycles. The third kappa shape index (κ3) is 1.76. The lowest BCUT2D eigenvalue weighted by Gasteiger charge is -2.02. The zero-order chi connectivity index (χ0) is 11.7. The summed E-state index contributed by atoms with van der Waals surface area (Å²) in [4.78, 5) is 11.3. The molecule has 6 heteroatoms. The van der Waals surface area contributed by atoms with Crippen molar-refractivity contribution in [3.8, 4) is 17.1 Å². The van der Waals surface area contributed by atoms with Crippen LogP contribution in [0.15, 0.2) is 43.1 Å². The van der Waals surface area contributed by atoms with E-state index in [0.717, 1.165) is 11.3 Å². The summed E-state index contributed by atoms with van der Waals surface area (Å²) in [6, 6.07) is 5.55. The average molecular weight is 226 g/mol. The molecule has 0 bridgehead atoms. The summed E-state index contributed by atoms with van der Waals surface area (Å²) in [6.07, 6.45) is 6.90. The highest BCUT2D eigenvalue weighted by Crippen LogP contribution is 2.17. The molecule has 3 aromatic rings. The van der Waals surface area contributed by atoms with E-state index in [0.29, 0.717) is 11.6 Å². The Labute approximate surface area is 97.1 Å². The fourth-order valence-electron chi connectivity index (χ4n) is 1.59. The predicted molar refractivity (Wildman–Crippen MR) is 63.4 cm³/mol. The Morgan fingerprint density at radius 1 is 1.29 bits per heavy atom. The van der Waals surface area contributed by atoms with Gasteiger partial charge in [0, 0.05) is 24.0 Å². The number of hydrogen-bond acceptors (Lipinski definition) is 4. The normalized spacial score (nSPS) is 10.6. The fraction of sp³-hybridized carbons (Fsp3) is 0. The van der Waals surface area contributed by atoms with Crippen LogP contribution in [0.1, 0.15) is 0 Å². The second kappa shape index (κ2) is 3.75. The number of anilines is 1. The van der Waals surface area contributed by atoms with E-state index in [-0.39, 0.29) is 0 Å². The van der Waals surface area contributed by atoms with Crippen LogP contribution >= 0.6 is 0 Å². The second-order valence-corrected chi connectivity index (χ2v) is 3.55. The van der Waals surface area contributed by atoms with E-state index < -0.39 is 0 Å². The van der Waals surface area contributed by atoms with Crippen LogP contribution in [0, 0.1) is 0 Å². The lowest BCUT2D eigenvalue weighted by molar-refractivity contribution is 0.852. The van der Waals surface area contributed by atoms with Gasteiger partial charge in [0.2, 0.25) is 0 Å². The molecule has 0 saturated heterocycles. The lowest BCUT2D eigenvalue weighted by Crippen LogP contribution is -1.99. The Kier molecular flexibility index (Phi) is 2.11. The van der Waals surface area contributed by atoms with Crippen molar-refractivity contribution in [1.29, 1.82) is 0 Å². The summed E-state index contributed by atoms with van der Waals surface area (Å²) in [7, 11) is 0. The first-order chi connectivity index (χ1) is 8.33. The molecule has 0 radical (unpaired) electrons. The quantitative estimate of drug-likeness (QED) is 0.688. The highest BCUT2D eigenvalue weighted by Gasteiger charge is 2.03. The number of hydrogen-bond donors (Lipinski definition) is 2. The molecular weight excluding hydrogens is 216 g/mol. The largest absolute Gasteiger partial charge is 0.382 e. The number of imidazole rings is 1. The molecule has 0 fully saturated rings. The van der Waals surface area contributed by atoms with Crippen LogP contribution in [0.4, 0.5) is 5.82 Å². The van der Waals surface area contributed by atoms with E-state index in [2.05, 4.69) is 20.1 Å². The van der Waals surface area contributed by atoms with Gasteiger partial charge in [-0.25, -0.2) is 14.6 Å². The molecule has 3 N–H and O–H groups in total. The summed E-state index contributed by atoms with van der Waals surface area (Å²) in [5.74, 6) is 1.19. The van der Waals surface area contributed by atoms with Crippen LogP contribution in [0.2, 0.25) is 0 Å². The van der Waals surface area contributed by atoms with Gasteiger partial charge >= 0.3 is 0 Å². The summed E-state index contributed by atoms with van der Waals surface area (Å²) in [5.41, 5.74) is 7.51. The Morgan fingerprint density at radius 2 is 2.24 bits per heavy atom. The van der Waals surface area contributed by atoms with E-state index >= 15 is 0 Å². The van der Waals surface area contributed by atoms with Gasteiger partial charge in [0.05, 0.1) is 18.2 Å². The standard InChI is InChI=1S/C11H10N6/c12-10-2-4-17(16-10)11-5-8(1-3-14-11)9-6-13-7-15-9/h1-7H,(H2,12,16)(H,13,15). The summed E-state index contributed by atoms with van der Waals surface area (Å²) < 4.78 is 1.63. The third-order valence-electron chi connectivity index (χ3n) is 2.40. The molecule has 0 aliphatic carbocycles. The summed E-state index contributed by atoms with van der Waals surface area (Å²) in [6.45, 7) is 0. The number of H-pyrrole nitrogens is 1. The van der Waals surface area contributed by atoms with Crippen molar-refractivity contribution in [3.05, 3.63) is 43.1 Å². The monoisotopic (exact) mass is 226 g/mol. The molecule has 6 nitrogen and oxygen atoms in total. The maximum absolute atomic E-state index is 5.57.